The molecule has 1 aliphatic rings. The van der Waals surface area contributed by atoms with Crippen LogP contribution in [0.2, 0.25) is 0 Å². The highest BCUT2D eigenvalue weighted by Crippen LogP contribution is 2.28. The van der Waals surface area contributed by atoms with Crippen molar-refractivity contribution in [3.8, 4) is 0 Å². The Morgan fingerprint density at radius 3 is 2.67 bits per heavy atom. The summed E-state index contributed by atoms with van der Waals surface area (Å²) in [5, 5.41) is 16.2. The number of para-hydroxylation sites is 1. The van der Waals surface area contributed by atoms with Crippen LogP contribution in [0.3, 0.4) is 0 Å². The van der Waals surface area contributed by atoms with Crippen molar-refractivity contribution in [2.24, 2.45) is 13.0 Å². The molecule has 1 aromatic carbocycles. The van der Waals surface area contributed by atoms with Crippen LogP contribution in [0.4, 0.5) is 0 Å². The Morgan fingerprint density at radius 2 is 1.90 bits per heavy atom. The van der Waals surface area contributed by atoms with Gasteiger partial charge in [-0.05, 0) is 18.4 Å². The van der Waals surface area contributed by atoms with E-state index in [0.29, 0.717) is 12.3 Å². The summed E-state index contributed by atoms with van der Waals surface area (Å²) < 4.78 is 1.92. The first-order chi connectivity index (χ1) is 10.2. The number of aliphatic hydroxyl groups is 1. The highest BCUT2D eigenvalue weighted by atomic mass is 16.3. The van der Waals surface area contributed by atoms with Crippen molar-refractivity contribution in [1.82, 2.24) is 9.78 Å². The smallest absolute Gasteiger partial charge is 0.0728 e. The van der Waals surface area contributed by atoms with Crippen LogP contribution in [0.5, 0.6) is 0 Å². The normalized spacial score (nSPS) is 18.8. The number of hydrogen-bond acceptors (Lipinski definition) is 2. The van der Waals surface area contributed by atoms with Gasteiger partial charge in [-0.15, -0.1) is 0 Å². The molecule has 1 heterocycles. The third-order valence-electron chi connectivity index (χ3n) is 4.84. The van der Waals surface area contributed by atoms with Crippen LogP contribution in [0.25, 0.3) is 10.9 Å². The first-order valence-electron chi connectivity index (χ1n) is 8.32. The van der Waals surface area contributed by atoms with Crippen LogP contribution in [-0.4, -0.2) is 21.0 Å². The average molecular weight is 286 g/mol. The molecule has 1 saturated carbocycles. The Morgan fingerprint density at radius 1 is 1.19 bits per heavy atom. The molecule has 21 heavy (non-hydrogen) atoms. The minimum Gasteiger partial charge on any atom is -0.393 e. The molecule has 0 radical (unpaired) electrons. The molecular weight excluding hydrogens is 260 g/mol. The molecule has 0 bridgehead atoms. The molecule has 0 aliphatic heterocycles. The Bertz CT molecular complexity index is 582. The maximum atomic E-state index is 10.5. The molecule has 1 aliphatic carbocycles. The third-order valence-corrected chi connectivity index (χ3v) is 4.84. The minimum atomic E-state index is -0.258. The molecule has 0 saturated heterocycles. The van der Waals surface area contributed by atoms with E-state index < -0.39 is 0 Å². The zero-order chi connectivity index (χ0) is 14.7. The van der Waals surface area contributed by atoms with Crippen molar-refractivity contribution in [1.29, 1.82) is 0 Å². The van der Waals surface area contributed by atoms with Crippen molar-refractivity contribution >= 4 is 10.9 Å². The van der Waals surface area contributed by atoms with Crippen LogP contribution in [-0.2, 0) is 13.5 Å². The number of aliphatic hydroxyl groups excluding tert-OH is 1. The van der Waals surface area contributed by atoms with Gasteiger partial charge in [-0.2, -0.15) is 5.10 Å². The van der Waals surface area contributed by atoms with E-state index in [1.54, 1.807) is 0 Å². The summed E-state index contributed by atoms with van der Waals surface area (Å²) in [5.41, 5.74) is 2.18. The van der Waals surface area contributed by atoms with Gasteiger partial charge >= 0.3 is 0 Å². The maximum absolute atomic E-state index is 10.5. The van der Waals surface area contributed by atoms with Crippen molar-refractivity contribution in [3.05, 3.63) is 30.0 Å². The fourth-order valence-corrected chi connectivity index (χ4v) is 3.73. The number of benzene rings is 1. The van der Waals surface area contributed by atoms with E-state index in [0.717, 1.165) is 17.6 Å². The molecule has 0 spiro atoms. The van der Waals surface area contributed by atoms with Gasteiger partial charge in [-0.25, -0.2) is 0 Å². The number of nitrogens with zero attached hydrogens (tertiary/aromatic N) is 2. The van der Waals surface area contributed by atoms with Gasteiger partial charge in [0.2, 0.25) is 0 Å². The Kier molecular flexibility index (Phi) is 4.59. The first-order valence-corrected chi connectivity index (χ1v) is 8.32. The van der Waals surface area contributed by atoms with Crippen LogP contribution in [0, 0.1) is 5.92 Å². The molecular formula is C18H26N2O. The quantitative estimate of drug-likeness (QED) is 0.867. The lowest BCUT2D eigenvalue weighted by molar-refractivity contribution is 0.137. The summed E-state index contributed by atoms with van der Waals surface area (Å²) in [6.07, 6.45) is 9.36. The average Bonchev–Trinajstić information content (AvgIpc) is 2.67. The molecule has 3 nitrogen and oxygen atoms in total. The van der Waals surface area contributed by atoms with E-state index in [1.165, 1.54) is 43.9 Å². The van der Waals surface area contributed by atoms with Gasteiger partial charge in [0.25, 0.3) is 0 Å². The second-order valence-electron chi connectivity index (χ2n) is 6.54. The number of fused-ring (bicyclic) bond motifs is 1. The van der Waals surface area contributed by atoms with E-state index >= 15 is 0 Å². The largest absolute Gasteiger partial charge is 0.393 e. The van der Waals surface area contributed by atoms with Crippen molar-refractivity contribution in [2.75, 3.05) is 0 Å². The number of hydrogen-bond donors (Lipinski definition) is 1. The van der Waals surface area contributed by atoms with E-state index in [4.69, 9.17) is 0 Å². The van der Waals surface area contributed by atoms with Gasteiger partial charge in [0.15, 0.2) is 0 Å². The lowest BCUT2D eigenvalue weighted by Gasteiger charge is -2.17. The van der Waals surface area contributed by atoms with E-state index in [2.05, 4.69) is 17.2 Å². The molecule has 1 aromatic heterocycles. The van der Waals surface area contributed by atoms with Gasteiger partial charge in [0.1, 0.15) is 0 Å². The summed E-state index contributed by atoms with van der Waals surface area (Å²) >= 11 is 0. The van der Waals surface area contributed by atoms with E-state index in [9.17, 15) is 5.11 Å². The van der Waals surface area contributed by atoms with Gasteiger partial charge in [0.05, 0.1) is 17.3 Å². The lowest BCUT2D eigenvalue weighted by atomic mass is 9.92. The molecule has 0 amide bonds. The first kappa shape index (κ1) is 14.6. The number of aromatic nitrogens is 2. The van der Waals surface area contributed by atoms with Gasteiger partial charge in [0, 0.05) is 18.9 Å². The Labute approximate surface area is 127 Å². The van der Waals surface area contributed by atoms with Crippen molar-refractivity contribution in [2.45, 2.75) is 57.5 Å². The van der Waals surface area contributed by atoms with Crippen LogP contribution >= 0.6 is 0 Å². The second-order valence-corrected chi connectivity index (χ2v) is 6.54. The summed E-state index contributed by atoms with van der Waals surface area (Å²) in [7, 11) is 1.98. The summed E-state index contributed by atoms with van der Waals surface area (Å²) in [6.45, 7) is 0. The van der Waals surface area contributed by atoms with E-state index in [-0.39, 0.29) is 6.10 Å². The van der Waals surface area contributed by atoms with Crippen molar-refractivity contribution in [3.63, 3.8) is 0 Å². The molecule has 1 N–H and O–H groups in total. The Hall–Kier alpha value is -1.35. The summed E-state index contributed by atoms with van der Waals surface area (Å²) in [4.78, 5) is 0. The predicted octanol–water partition coefficient (Wildman–Crippen LogP) is 3.84. The molecule has 3 heteroatoms. The minimum absolute atomic E-state index is 0.258. The van der Waals surface area contributed by atoms with Crippen LogP contribution < -0.4 is 0 Å². The van der Waals surface area contributed by atoms with Gasteiger partial charge < -0.3 is 5.11 Å². The zero-order valence-corrected chi connectivity index (χ0v) is 13.0. The Balaban J connectivity index is 1.67. The highest BCUT2D eigenvalue weighted by molar-refractivity contribution is 5.81. The van der Waals surface area contributed by atoms with Crippen molar-refractivity contribution < 1.29 is 5.11 Å². The molecule has 1 unspecified atom stereocenters. The van der Waals surface area contributed by atoms with Gasteiger partial charge in [-0.1, -0.05) is 56.7 Å². The predicted molar refractivity (Wildman–Crippen MR) is 86.2 cm³/mol. The van der Waals surface area contributed by atoms with Gasteiger partial charge in [-0.3, -0.25) is 4.68 Å². The third kappa shape index (κ3) is 3.46. The monoisotopic (exact) mass is 286 g/mol. The second kappa shape index (κ2) is 6.61. The SMILES string of the molecule is Cn1nc(CC(O)CC2CCCCCC2)c2ccccc21. The molecule has 2 aromatic rings. The topological polar surface area (TPSA) is 38.0 Å². The molecule has 3 rings (SSSR count). The van der Waals surface area contributed by atoms with Crippen LogP contribution in [0.1, 0.15) is 50.6 Å². The number of aryl methyl sites for hydroxylation is 1. The molecule has 1 atom stereocenters. The fourth-order valence-electron chi connectivity index (χ4n) is 3.73. The number of rotatable bonds is 4. The summed E-state index contributed by atoms with van der Waals surface area (Å²) in [6, 6.07) is 8.28. The van der Waals surface area contributed by atoms with E-state index in [1.807, 2.05) is 23.9 Å². The maximum Gasteiger partial charge on any atom is 0.0728 e. The lowest BCUT2D eigenvalue weighted by Crippen LogP contribution is -2.16. The molecule has 1 fully saturated rings. The zero-order valence-electron chi connectivity index (χ0n) is 13.0. The highest BCUT2D eigenvalue weighted by Gasteiger charge is 2.19. The summed E-state index contributed by atoms with van der Waals surface area (Å²) in [5.74, 6) is 0.706. The standard InChI is InChI=1S/C18H26N2O/c1-20-18-11-7-6-10-16(18)17(19-20)13-15(21)12-14-8-4-2-3-5-9-14/h6-7,10-11,14-15,21H,2-5,8-9,12-13H2,1H3. The fraction of sp³-hybridized carbons (Fsp3) is 0.611. The van der Waals surface area contributed by atoms with Crippen LogP contribution in [0.15, 0.2) is 24.3 Å². The molecule has 114 valence electrons.